The SMILES string of the molecule is CCc1cc(Cl)c(F)c(C2CCNC2)c1. The van der Waals surface area contributed by atoms with Gasteiger partial charge in [-0.25, -0.2) is 4.39 Å². The topological polar surface area (TPSA) is 12.0 Å². The summed E-state index contributed by atoms with van der Waals surface area (Å²) >= 11 is 5.88. The van der Waals surface area contributed by atoms with Gasteiger partial charge in [0.2, 0.25) is 0 Å². The Bertz CT molecular complexity index is 359. The molecule has 0 saturated carbocycles. The fourth-order valence-electron chi connectivity index (χ4n) is 2.09. The molecule has 15 heavy (non-hydrogen) atoms. The van der Waals surface area contributed by atoms with Gasteiger partial charge in [-0.2, -0.15) is 0 Å². The largest absolute Gasteiger partial charge is 0.316 e. The van der Waals surface area contributed by atoms with Crippen LogP contribution in [-0.2, 0) is 6.42 Å². The van der Waals surface area contributed by atoms with E-state index in [-0.39, 0.29) is 16.8 Å². The van der Waals surface area contributed by atoms with Gasteiger partial charge in [0, 0.05) is 12.5 Å². The minimum Gasteiger partial charge on any atom is -0.316 e. The Morgan fingerprint density at radius 1 is 1.53 bits per heavy atom. The molecule has 3 heteroatoms. The van der Waals surface area contributed by atoms with Crippen molar-refractivity contribution in [1.29, 1.82) is 0 Å². The van der Waals surface area contributed by atoms with E-state index in [0.29, 0.717) is 0 Å². The van der Waals surface area contributed by atoms with Gasteiger partial charge in [0.25, 0.3) is 0 Å². The average molecular weight is 228 g/mol. The predicted octanol–water partition coefficient (Wildman–Crippen LogP) is 3.12. The Kier molecular flexibility index (Phi) is 3.27. The zero-order valence-electron chi connectivity index (χ0n) is 8.82. The summed E-state index contributed by atoms with van der Waals surface area (Å²) < 4.78 is 13.8. The lowest BCUT2D eigenvalue weighted by atomic mass is 9.95. The molecule has 0 aliphatic carbocycles. The summed E-state index contributed by atoms with van der Waals surface area (Å²) in [4.78, 5) is 0. The highest BCUT2D eigenvalue weighted by molar-refractivity contribution is 6.30. The first kappa shape index (κ1) is 10.9. The summed E-state index contributed by atoms with van der Waals surface area (Å²) in [5, 5.41) is 3.51. The predicted molar refractivity (Wildman–Crippen MR) is 61.0 cm³/mol. The first-order valence-electron chi connectivity index (χ1n) is 5.41. The molecule has 1 aliphatic rings. The minimum atomic E-state index is -0.234. The van der Waals surface area contributed by atoms with E-state index in [1.54, 1.807) is 6.07 Å². The van der Waals surface area contributed by atoms with Crippen LogP contribution in [0.5, 0.6) is 0 Å². The molecule has 82 valence electrons. The zero-order chi connectivity index (χ0) is 10.8. The van der Waals surface area contributed by atoms with E-state index in [1.165, 1.54) is 0 Å². The van der Waals surface area contributed by atoms with Crippen LogP contribution in [-0.4, -0.2) is 13.1 Å². The average Bonchev–Trinajstić information content (AvgIpc) is 2.75. The van der Waals surface area contributed by atoms with Crippen molar-refractivity contribution in [3.8, 4) is 0 Å². The number of rotatable bonds is 2. The number of hydrogen-bond acceptors (Lipinski definition) is 1. The van der Waals surface area contributed by atoms with Crippen LogP contribution >= 0.6 is 11.6 Å². The van der Waals surface area contributed by atoms with Gasteiger partial charge in [-0.3, -0.25) is 0 Å². The van der Waals surface area contributed by atoms with Crippen LogP contribution in [0.15, 0.2) is 12.1 Å². The maximum absolute atomic E-state index is 13.8. The first-order valence-corrected chi connectivity index (χ1v) is 5.78. The molecule has 1 aromatic rings. The first-order chi connectivity index (χ1) is 7.22. The number of halogens is 2. The van der Waals surface area contributed by atoms with E-state index in [2.05, 4.69) is 12.2 Å². The second-order valence-corrected chi connectivity index (χ2v) is 4.43. The monoisotopic (exact) mass is 227 g/mol. The highest BCUT2D eigenvalue weighted by Crippen LogP contribution is 2.30. The third kappa shape index (κ3) is 2.16. The van der Waals surface area contributed by atoms with Crippen LogP contribution in [0.1, 0.15) is 30.4 Å². The summed E-state index contributed by atoms with van der Waals surface area (Å²) in [7, 11) is 0. The van der Waals surface area contributed by atoms with Gasteiger partial charge in [0.05, 0.1) is 5.02 Å². The van der Waals surface area contributed by atoms with E-state index < -0.39 is 0 Å². The van der Waals surface area contributed by atoms with E-state index >= 15 is 0 Å². The van der Waals surface area contributed by atoms with Crippen molar-refractivity contribution in [3.63, 3.8) is 0 Å². The van der Waals surface area contributed by atoms with Crippen LogP contribution < -0.4 is 5.32 Å². The van der Waals surface area contributed by atoms with E-state index in [4.69, 9.17) is 11.6 Å². The molecule has 0 bridgehead atoms. The van der Waals surface area contributed by atoms with Gasteiger partial charge >= 0.3 is 0 Å². The van der Waals surface area contributed by atoms with Crippen molar-refractivity contribution < 1.29 is 4.39 Å². The van der Waals surface area contributed by atoms with Gasteiger partial charge in [-0.05, 0) is 36.6 Å². The molecule has 0 amide bonds. The van der Waals surface area contributed by atoms with Crippen LogP contribution in [0.4, 0.5) is 4.39 Å². The van der Waals surface area contributed by atoms with E-state index in [1.807, 2.05) is 6.07 Å². The lowest BCUT2D eigenvalue weighted by molar-refractivity contribution is 0.587. The quantitative estimate of drug-likeness (QED) is 0.819. The van der Waals surface area contributed by atoms with Gasteiger partial charge in [-0.15, -0.1) is 0 Å². The Morgan fingerprint density at radius 2 is 2.33 bits per heavy atom. The van der Waals surface area contributed by atoms with Crippen molar-refractivity contribution in [1.82, 2.24) is 5.32 Å². The van der Waals surface area contributed by atoms with Crippen LogP contribution in [0.25, 0.3) is 0 Å². The summed E-state index contributed by atoms with van der Waals surface area (Å²) in [6.45, 7) is 3.89. The smallest absolute Gasteiger partial charge is 0.145 e. The van der Waals surface area contributed by atoms with Crippen molar-refractivity contribution in [2.24, 2.45) is 0 Å². The molecule has 0 aromatic heterocycles. The Labute approximate surface area is 94.6 Å². The molecule has 1 fully saturated rings. The summed E-state index contributed by atoms with van der Waals surface area (Å²) in [5.74, 6) is 0.0524. The second kappa shape index (κ2) is 4.50. The Hall–Kier alpha value is -0.600. The lowest BCUT2D eigenvalue weighted by Gasteiger charge is -2.12. The Balaban J connectivity index is 2.39. The molecule has 1 nitrogen and oxygen atoms in total. The van der Waals surface area contributed by atoms with Gasteiger partial charge in [-0.1, -0.05) is 24.6 Å². The van der Waals surface area contributed by atoms with Crippen LogP contribution in [0, 0.1) is 5.82 Å². The lowest BCUT2D eigenvalue weighted by Crippen LogP contribution is -2.09. The van der Waals surface area contributed by atoms with Crippen molar-refractivity contribution in [3.05, 3.63) is 34.1 Å². The molecule has 1 aromatic carbocycles. The highest BCUT2D eigenvalue weighted by Gasteiger charge is 2.21. The molecule has 1 saturated heterocycles. The van der Waals surface area contributed by atoms with Gasteiger partial charge in [0.15, 0.2) is 0 Å². The number of nitrogens with one attached hydrogen (secondary N) is 1. The third-order valence-electron chi connectivity index (χ3n) is 3.02. The molecule has 1 unspecified atom stereocenters. The molecule has 1 aliphatic heterocycles. The molecule has 1 heterocycles. The minimum absolute atomic E-state index is 0.234. The highest BCUT2D eigenvalue weighted by atomic mass is 35.5. The summed E-state index contributed by atoms with van der Waals surface area (Å²) in [5.41, 5.74) is 1.90. The molecule has 2 rings (SSSR count). The van der Waals surface area contributed by atoms with Gasteiger partial charge in [0.1, 0.15) is 5.82 Å². The number of benzene rings is 1. The maximum Gasteiger partial charge on any atom is 0.145 e. The summed E-state index contributed by atoms with van der Waals surface area (Å²) in [6, 6.07) is 3.68. The molecule has 0 radical (unpaired) electrons. The third-order valence-corrected chi connectivity index (χ3v) is 3.30. The fraction of sp³-hybridized carbons (Fsp3) is 0.500. The fourth-order valence-corrected chi connectivity index (χ4v) is 2.34. The summed E-state index contributed by atoms with van der Waals surface area (Å²) in [6.07, 6.45) is 1.90. The Morgan fingerprint density at radius 3 is 2.93 bits per heavy atom. The molecular formula is C12H15ClFN. The number of hydrogen-bond donors (Lipinski definition) is 1. The van der Waals surface area contributed by atoms with Crippen LogP contribution in [0.3, 0.4) is 0 Å². The second-order valence-electron chi connectivity index (χ2n) is 4.02. The van der Waals surface area contributed by atoms with Crippen molar-refractivity contribution >= 4 is 11.6 Å². The molecule has 1 atom stereocenters. The van der Waals surface area contributed by atoms with Crippen LogP contribution in [0.2, 0.25) is 5.02 Å². The molecule has 1 N–H and O–H groups in total. The van der Waals surface area contributed by atoms with Crippen molar-refractivity contribution in [2.75, 3.05) is 13.1 Å². The molecule has 0 spiro atoms. The van der Waals surface area contributed by atoms with E-state index in [0.717, 1.165) is 37.1 Å². The van der Waals surface area contributed by atoms with Gasteiger partial charge < -0.3 is 5.32 Å². The number of aryl methyl sites for hydroxylation is 1. The van der Waals surface area contributed by atoms with Crippen molar-refractivity contribution in [2.45, 2.75) is 25.7 Å². The normalized spacial score (nSPS) is 20.9. The molecular weight excluding hydrogens is 213 g/mol. The zero-order valence-corrected chi connectivity index (χ0v) is 9.57. The van der Waals surface area contributed by atoms with E-state index in [9.17, 15) is 4.39 Å². The standard InChI is InChI=1S/C12H15ClFN/c1-2-8-5-10(9-3-4-15-7-9)12(14)11(13)6-8/h5-6,9,15H,2-4,7H2,1H3. The maximum atomic E-state index is 13.8.